The van der Waals surface area contributed by atoms with Crippen LogP contribution in [0.3, 0.4) is 0 Å². The first-order chi connectivity index (χ1) is 10.6. The topological polar surface area (TPSA) is 43.9 Å². The average Bonchev–Trinajstić information content (AvgIpc) is 3.04. The highest BCUT2D eigenvalue weighted by molar-refractivity contribution is 7.10. The lowest BCUT2D eigenvalue weighted by Crippen LogP contribution is -2.52. The first-order valence-corrected chi connectivity index (χ1v) is 8.72. The van der Waals surface area contributed by atoms with E-state index in [-0.39, 0.29) is 23.8 Å². The Kier molecular flexibility index (Phi) is 4.49. The molecule has 2 amide bonds. The standard InChI is InChI=1S/C16H23N3O2S/c1-17-7-9-19(10-8-17)16(21)12-5-6-14(20)18(2)15(12)13-4-3-11-22-13/h3-4,11-12,15H,5-10H2,1-2H3. The van der Waals surface area contributed by atoms with Gasteiger partial charge in [-0.2, -0.15) is 0 Å². The quantitative estimate of drug-likeness (QED) is 0.828. The summed E-state index contributed by atoms with van der Waals surface area (Å²) < 4.78 is 0. The van der Waals surface area contributed by atoms with Crippen LogP contribution in [0.4, 0.5) is 0 Å². The zero-order chi connectivity index (χ0) is 15.7. The number of amides is 2. The van der Waals surface area contributed by atoms with Crippen LogP contribution in [0.25, 0.3) is 0 Å². The summed E-state index contributed by atoms with van der Waals surface area (Å²) in [6, 6.07) is 3.92. The number of piperidine rings is 1. The van der Waals surface area contributed by atoms with Gasteiger partial charge in [0.15, 0.2) is 0 Å². The largest absolute Gasteiger partial charge is 0.340 e. The van der Waals surface area contributed by atoms with E-state index in [1.807, 2.05) is 29.5 Å². The molecule has 0 bridgehead atoms. The van der Waals surface area contributed by atoms with Crippen LogP contribution in [-0.2, 0) is 9.59 Å². The molecule has 2 unspecified atom stereocenters. The predicted octanol–water partition coefficient (Wildman–Crippen LogP) is 1.43. The highest BCUT2D eigenvalue weighted by Crippen LogP contribution is 2.38. The Hall–Kier alpha value is -1.40. The van der Waals surface area contributed by atoms with Gasteiger partial charge < -0.3 is 14.7 Å². The molecule has 2 saturated heterocycles. The van der Waals surface area contributed by atoms with Crippen molar-refractivity contribution in [1.29, 1.82) is 0 Å². The van der Waals surface area contributed by atoms with Crippen molar-refractivity contribution in [3.63, 3.8) is 0 Å². The van der Waals surface area contributed by atoms with Crippen LogP contribution in [0, 0.1) is 5.92 Å². The number of likely N-dealkylation sites (N-methyl/N-ethyl adjacent to an activating group) is 1. The Morgan fingerprint density at radius 1 is 1.23 bits per heavy atom. The maximum Gasteiger partial charge on any atom is 0.228 e. The van der Waals surface area contributed by atoms with Crippen molar-refractivity contribution in [2.75, 3.05) is 40.3 Å². The molecule has 1 aromatic rings. The molecule has 5 nitrogen and oxygen atoms in total. The normalized spacial score (nSPS) is 27.3. The molecule has 0 saturated carbocycles. The van der Waals surface area contributed by atoms with E-state index >= 15 is 0 Å². The molecule has 0 aromatic carbocycles. The van der Waals surface area contributed by atoms with Crippen molar-refractivity contribution in [2.45, 2.75) is 18.9 Å². The number of rotatable bonds is 2. The Morgan fingerprint density at radius 3 is 2.59 bits per heavy atom. The number of nitrogens with zero attached hydrogens (tertiary/aromatic N) is 3. The van der Waals surface area contributed by atoms with Gasteiger partial charge in [0.2, 0.25) is 11.8 Å². The highest BCUT2D eigenvalue weighted by atomic mass is 32.1. The molecule has 0 N–H and O–H groups in total. The second-order valence-corrected chi connectivity index (χ2v) is 7.22. The number of hydrogen-bond acceptors (Lipinski definition) is 4. The summed E-state index contributed by atoms with van der Waals surface area (Å²) in [6.07, 6.45) is 1.14. The molecule has 2 aliphatic rings. The van der Waals surface area contributed by atoms with Crippen molar-refractivity contribution in [2.24, 2.45) is 5.92 Å². The van der Waals surface area contributed by atoms with Gasteiger partial charge in [0, 0.05) is 44.5 Å². The number of piperazine rings is 1. The highest BCUT2D eigenvalue weighted by Gasteiger charge is 2.41. The van der Waals surface area contributed by atoms with E-state index in [9.17, 15) is 9.59 Å². The maximum absolute atomic E-state index is 13.0. The van der Waals surface area contributed by atoms with Gasteiger partial charge in [-0.15, -0.1) is 11.3 Å². The van der Waals surface area contributed by atoms with Gasteiger partial charge in [0.05, 0.1) is 12.0 Å². The average molecular weight is 321 g/mol. The first-order valence-electron chi connectivity index (χ1n) is 7.84. The van der Waals surface area contributed by atoms with E-state index in [2.05, 4.69) is 11.9 Å². The molecule has 120 valence electrons. The lowest BCUT2D eigenvalue weighted by molar-refractivity contribution is -0.147. The lowest BCUT2D eigenvalue weighted by Gasteiger charge is -2.41. The predicted molar refractivity (Wildman–Crippen MR) is 86.6 cm³/mol. The molecule has 2 fully saturated rings. The van der Waals surface area contributed by atoms with Crippen molar-refractivity contribution < 1.29 is 9.59 Å². The van der Waals surface area contributed by atoms with Crippen molar-refractivity contribution >= 4 is 23.2 Å². The summed E-state index contributed by atoms with van der Waals surface area (Å²) in [5.74, 6) is 0.247. The molecule has 0 radical (unpaired) electrons. The Labute approximate surface area is 135 Å². The Bertz CT molecular complexity index is 538. The van der Waals surface area contributed by atoms with Crippen molar-refractivity contribution in [3.8, 4) is 0 Å². The molecule has 2 atom stereocenters. The number of thiophene rings is 1. The van der Waals surface area contributed by atoms with E-state index in [0.29, 0.717) is 12.8 Å². The molecule has 0 spiro atoms. The first kappa shape index (κ1) is 15.5. The van der Waals surface area contributed by atoms with Gasteiger partial charge in [-0.1, -0.05) is 6.07 Å². The smallest absolute Gasteiger partial charge is 0.228 e. The summed E-state index contributed by atoms with van der Waals surface area (Å²) in [4.78, 5) is 32.2. The van der Waals surface area contributed by atoms with Crippen LogP contribution in [0.15, 0.2) is 17.5 Å². The molecule has 3 rings (SSSR count). The summed E-state index contributed by atoms with van der Waals surface area (Å²) in [7, 11) is 3.92. The number of hydrogen-bond donors (Lipinski definition) is 0. The minimum Gasteiger partial charge on any atom is -0.340 e. The molecule has 1 aromatic heterocycles. The van der Waals surface area contributed by atoms with Gasteiger partial charge in [-0.05, 0) is 24.9 Å². The maximum atomic E-state index is 13.0. The third kappa shape index (κ3) is 2.90. The SMILES string of the molecule is CN1CCN(C(=O)C2CCC(=O)N(C)C2c2cccs2)CC1. The van der Waals surface area contributed by atoms with Crippen LogP contribution >= 0.6 is 11.3 Å². The molecule has 3 heterocycles. The molecular weight excluding hydrogens is 298 g/mol. The monoisotopic (exact) mass is 321 g/mol. The van der Waals surface area contributed by atoms with Crippen molar-refractivity contribution in [3.05, 3.63) is 22.4 Å². The zero-order valence-corrected chi connectivity index (χ0v) is 14.0. The second-order valence-electron chi connectivity index (χ2n) is 6.24. The lowest BCUT2D eigenvalue weighted by atomic mass is 9.86. The number of carbonyl (C=O) groups is 2. The molecule has 0 aliphatic carbocycles. The van der Waals surface area contributed by atoms with E-state index in [1.54, 1.807) is 16.2 Å². The zero-order valence-electron chi connectivity index (χ0n) is 13.2. The van der Waals surface area contributed by atoms with Gasteiger partial charge in [-0.3, -0.25) is 9.59 Å². The van der Waals surface area contributed by atoms with E-state index < -0.39 is 0 Å². The Morgan fingerprint density at radius 2 is 1.95 bits per heavy atom. The minimum absolute atomic E-state index is 0.103. The van der Waals surface area contributed by atoms with Gasteiger partial charge in [0.25, 0.3) is 0 Å². The summed E-state index contributed by atoms with van der Waals surface area (Å²) in [6.45, 7) is 3.44. The van der Waals surface area contributed by atoms with Crippen LogP contribution in [-0.4, -0.2) is 66.8 Å². The second kappa shape index (κ2) is 6.38. The fourth-order valence-electron chi connectivity index (χ4n) is 3.41. The van der Waals surface area contributed by atoms with Crippen LogP contribution in [0.2, 0.25) is 0 Å². The van der Waals surface area contributed by atoms with Crippen LogP contribution < -0.4 is 0 Å². The van der Waals surface area contributed by atoms with E-state index in [0.717, 1.165) is 31.1 Å². The van der Waals surface area contributed by atoms with Crippen LogP contribution in [0.5, 0.6) is 0 Å². The summed E-state index contributed by atoms with van der Waals surface area (Å²) >= 11 is 1.63. The Balaban J connectivity index is 1.80. The van der Waals surface area contributed by atoms with Gasteiger partial charge in [-0.25, -0.2) is 0 Å². The third-order valence-corrected chi connectivity index (χ3v) is 5.77. The van der Waals surface area contributed by atoms with Gasteiger partial charge >= 0.3 is 0 Å². The molecule has 2 aliphatic heterocycles. The minimum atomic E-state index is -0.107. The fourth-order valence-corrected chi connectivity index (χ4v) is 4.34. The molecule has 22 heavy (non-hydrogen) atoms. The molecular formula is C16H23N3O2S. The van der Waals surface area contributed by atoms with Crippen molar-refractivity contribution in [1.82, 2.24) is 14.7 Å². The van der Waals surface area contributed by atoms with E-state index in [1.165, 1.54) is 0 Å². The van der Waals surface area contributed by atoms with Crippen LogP contribution in [0.1, 0.15) is 23.8 Å². The summed E-state index contributed by atoms with van der Waals surface area (Å²) in [5.41, 5.74) is 0. The number of carbonyl (C=O) groups excluding carboxylic acids is 2. The van der Waals surface area contributed by atoms with Gasteiger partial charge in [0.1, 0.15) is 0 Å². The fraction of sp³-hybridized carbons (Fsp3) is 0.625. The number of likely N-dealkylation sites (tertiary alicyclic amines) is 1. The third-order valence-electron chi connectivity index (χ3n) is 4.83. The molecule has 6 heteroatoms. The van der Waals surface area contributed by atoms with E-state index in [4.69, 9.17) is 0 Å². The summed E-state index contributed by atoms with van der Waals surface area (Å²) in [5, 5.41) is 2.01.